The van der Waals surface area contributed by atoms with Crippen molar-refractivity contribution in [2.75, 3.05) is 6.54 Å². The van der Waals surface area contributed by atoms with Crippen LogP contribution in [0.3, 0.4) is 0 Å². The Morgan fingerprint density at radius 1 is 1.06 bits per heavy atom. The summed E-state index contributed by atoms with van der Waals surface area (Å²) in [6.07, 6.45) is 1.86. The van der Waals surface area contributed by atoms with Gasteiger partial charge in [0.05, 0.1) is 0 Å². The summed E-state index contributed by atoms with van der Waals surface area (Å²) in [4.78, 5) is 0. The van der Waals surface area contributed by atoms with Crippen molar-refractivity contribution in [3.63, 3.8) is 0 Å². The molecule has 0 saturated heterocycles. The van der Waals surface area contributed by atoms with Crippen LogP contribution in [0, 0.1) is 17.5 Å². The van der Waals surface area contributed by atoms with Gasteiger partial charge in [-0.05, 0) is 19.4 Å². The van der Waals surface area contributed by atoms with E-state index in [4.69, 9.17) is 11.5 Å². The van der Waals surface area contributed by atoms with Gasteiger partial charge in [0.25, 0.3) is 0 Å². The summed E-state index contributed by atoms with van der Waals surface area (Å²) in [6.45, 7) is 0.515. The van der Waals surface area contributed by atoms with Crippen molar-refractivity contribution in [3.8, 4) is 0 Å². The number of rotatable bonds is 5. The van der Waals surface area contributed by atoms with Crippen LogP contribution in [0.25, 0.3) is 0 Å². The molecule has 0 aliphatic heterocycles. The van der Waals surface area contributed by atoms with E-state index in [9.17, 15) is 13.2 Å². The van der Waals surface area contributed by atoms with Crippen molar-refractivity contribution in [2.24, 2.45) is 11.5 Å². The molecule has 1 atom stereocenters. The SMILES string of the molecule is Cl.NCCCC[C@@H](N)c1c(F)cc(F)cc1F. The van der Waals surface area contributed by atoms with E-state index in [1.54, 1.807) is 0 Å². The van der Waals surface area contributed by atoms with Crippen LogP contribution in [0.4, 0.5) is 13.2 Å². The first-order valence-electron chi connectivity index (χ1n) is 5.16. The van der Waals surface area contributed by atoms with E-state index in [2.05, 4.69) is 0 Å². The van der Waals surface area contributed by atoms with Gasteiger partial charge in [-0.2, -0.15) is 0 Å². The Morgan fingerprint density at radius 2 is 1.59 bits per heavy atom. The van der Waals surface area contributed by atoms with Gasteiger partial charge in [0.1, 0.15) is 17.5 Å². The monoisotopic (exact) mass is 268 g/mol. The topological polar surface area (TPSA) is 52.0 Å². The molecule has 1 aromatic rings. The van der Waals surface area contributed by atoms with E-state index in [1.807, 2.05) is 0 Å². The summed E-state index contributed by atoms with van der Waals surface area (Å²) >= 11 is 0. The maximum atomic E-state index is 13.3. The third-order valence-corrected chi connectivity index (χ3v) is 2.38. The lowest BCUT2D eigenvalue weighted by Gasteiger charge is -2.13. The van der Waals surface area contributed by atoms with Crippen LogP contribution >= 0.6 is 12.4 Å². The lowest BCUT2D eigenvalue weighted by molar-refractivity contribution is 0.484. The molecule has 0 unspecified atom stereocenters. The fourth-order valence-electron chi connectivity index (χ4n) is 1.56. The molecule has 0 aliphatic rings. The first-order valence-corrected chi connectivity index (χ1v) is 5.16. The third kappa shape index (κ3) is 4.53. The molecule has 0 saturated carbocycles. The predicted molar refractivity (Wildman–Crippen MR) is 63.4 cm³/mol. The van der Waals surface area contributed by atoms with Gasteiger partial charge in [0.15, 0.2) is 0 Å². The van der Waals surface area contributed by atoms with Gasteiger partial charge in [0, 0.05) is 23.7 Å². The van der Waals surface area contributed by atoms with Gasteiger partial charge in [-0.15, -0.1) is 12.4 Å². The summed E-state index contributed by atoms with van der Waals surface area (Å²) in [5, 5.41) is 0. The molecule has 0 fully saturated rings. The second-order valence-electron chi connectivity index (χ2n) is 3.67. The highest BCUT2D eigenvalue weighted by Gasteiger charge is 2.17. The normalized spacial score (nSPS) is 12.1. The predicted octanol–water partition coefficient (Wildman–Crippen LogP) is 2.65. The van der Waals surface area contributed by atoms with Crippen molar-refractivity contribution >= 4 is 12.4 Å². The lowest BCUT2D eigenvalue weighted by Crippen LogP contribution is -2.15. The minimum absolute atomic E-state index is 0. The fourth-order valence-corrected chi connectivity index (χ4v) is 1.56. The van der Waals surface area contributed by atoms with E-state index < -0.39 is 23.5 Å². The van der Waals surface area contributed by atoms with Crippen LogP contribution in [0.15, 0.2) is 12.1 Å². The Morgan fingerprint density at radius 3 is 2.06 bits per heavy atom. The Labute approximate surface area is 105 Å². The molecule has 0 aromatic heterocycles. The van der Waals surface area contributed by atoms with E-state index in [1.165, 1.54) is 0 Å². The number of unbranched alkanes of at least 4 members (excludes halogenated alkanes) is 1. The quantitative estimate of drug-likeness (QED) is 0.807. The Bertz CT molecular complexity index is 338. The molecule has 0 heterocycles. The molecule has 0 amide bonds. The first-order chi connectivity index (χ1) is 7.56. The highest BCUT2D eigenvalue weighted by atomic mass is 35.5. The summed E-state index contributed by atoms with van der Waals surface area (Å²) in [6, 6.07) is 0.523. The molecule has 0 aliphatic carbocycles. The van der Waals surface area contributed by atoms with Crippen LogP contribution in [0.1, 0.15) is 30.9 Å². The zero-order chi connectivity index (χ0) is 12.1. The molecule has 17 heavy (non-hydrogen) atoms. The molecule has 4 N–H and O–H groups in total. The smallest absolute Gasteiger partial charge is 0.133 e. The number of halogens is 4. The van der Waals surface area contributed by atoms with Crippen LogP contribution in [-0.2, 0) is 0 Å². The van der Waals surface area contributed by atoms with E-state index in [-0.39, 0.29) is 18.0 Å². The van der Waals surface area contributed by atoms with Gasteiger partial charge < -0.3 is 11.5 Å². The van der Waals surface area contributed by atoms with Crippen LogP contribution in [0.5, 0.6) is 0 Å². The fraction of sp³-hybridized carbons (Fsp3) is 0.455. The molecular formula is C11H16ClF3N2. The molecule has 6 heteroatoms. The average molecular weight is 269 g/mol. The minimum Gasteiger partial charge on any atom is -0.330 e. The second-order valence-corrected chi connectivity index (χ2v) is 3.67. The zero-order valence-electron chi connectivity index (χ0n) is 9.26. The summed E-state index contributed by atoms with van der Waals surface area (Å²) in [5.74, 6) is -2.80. The van der Waals surface area contributed by atoms with Crippen LogP contribution in [-0.4, -0.2) is 6.54 Å². The molecule has 98 valence electrons. The van der Waals surface area contributed by atoms with E-state index in [0.717, 1.165) is 6.42 Å². The summed E-state index contributed by atoms with van der Waals surface area (Å²) < 4.78 is 39.2. The standard InChI is InChI=1S/C11H15F3N2.ClH/c12-7-5-8(13)11(9(14)6-7)10(16)3-1-2-4-15;/h5-6,10H,1-4,15-16H2;1H/t10-;/m1./s1. The second kappa shape index (κ2) is 7.53. The van der Waals surface area contributed by atoms with Crippen molar-refractivity contribution < 1.29 is 13.2 Å². The molecule has 1 rings (SSSR count). The number of hydrogen-bond donors (Lipinski definition) is 2. The minimum atomic E-state index is -0.937. The number of hydrogen-bond acceptors (Lipinski definition) is 2. The van der Waals surface area contributed by atoms with Gasteiger partial charge in [0.2, 0.25) is 0 Å². The maximum absolute atomic E-state index is 13.3. The maximum Gasteiger partial charge on any atom is 0.133 e. The molecule has 0 spiro atoms. The Hall–Kier alpha value is -0.780. The van der Waals surface area contributed by atoms with Crippen molar-refractivity contribution in [1.82, 2.24) is 0 Å². The number of benzene rings is 1. The first kappa shape index (κ1) is 16.2. The average Bonchev–Trinajstić information content (AvgIpc) is 2.16. The molecule has 1 aromatic carbocycles. The molecule has 2 nitrogen and oxygen atoms in total. The van der Waals surface area contributed by atoms with Gasteiger partial charge in [-0.1, -0.05) is 6.42 Å². The van der Waals surface area contributed by atoms with Crippen molar-refractivity contribution in [1.29, 1.82) is 0 Å². The van der Waals surface area contributed by atoms with Crippen molar-refractivity contribution in [3.05, 3.63) is 35.1 Å². The summed E-state index contributed by atoms with van der Waals surface area (Å²) in [7, 11) is 0. The Balaban J connectivity index is 0.00000256. The Kier molecular flexibility index (Phi) is 7.18. The zero-order valence-corrected chi connectivity index (χ0v) is 10.1. The van der Waals surface area contributed by atoms with Crippen molar-refractivity contribution in [2.45, 2.75) is 25.3 Å². The van der Waals surface area contributed by atoms with E-state index >= 15 is 0 Å². The number of nitrogens with two attached hydrogens (primary N) is 2. The van der Waals surface area contributed by atoms with Gasteiger partial charge in [-0.3, -0.25) is 0 Å². The van der Waals surface area contributed by atoms with E-state index in [0.29, 0.717) is 31.5 Å². The molecule has 0 bridgehead atoms. The molecule has 0 radical (unpaired) electrons. The van der Waals surface area contributed by atoms with Gasteiger partial charge >= 0.3 is 0 Å². The van der Waals surface area contributed by atoms with Crippen LogP contribution < -0.4 is 11.5 Å². The van der Waals surface area contributed by atoms with Gasteiger partial charge in [-0.25, -0.2) is 13.2 Å². The van der Waals surface area contributed by atoms with Crippen LogP contribution in [0.2, 0.25) is 0 Å². The lowest BCUT2D eigenvalue weighted by atomic mass is 10.0. The highest BCUT2D eigenvalue weighted by Crippen LogP contribution is 2.23. The third-order valence-electron chi connectivity index (χ3n) is 2.38. The highest BCUT2D eigenvalue weighted by molar-refractivity contribution is 5.85. The molecular weight excluding hydrogens is 253 g/mol. The summed E-state index contributed by atoms with van der Waals surface area (Å²) in [5.41, 5.74) is 10.7. The largest absolute Gasteiger partial charge is 0.330 e.